The van der Waals surface area contributed by atoms with Crippen LogP contribution in [-0.2, 0) is 4.79 Å². The summed E-state index contributed by atoms with van der Waals surface area (Å²) < 4.78 is 12.7. The highest BCUT2D eigenvalue weighted by Gasteiger charge is 2.22. The SMILES string of the molecule is O=C(O)C(F)=Cc1ccc(C2CC2)cc1. The van der Waals surface area contributed by atoms with Crippen LogP contribution in [0.2, 0.25) is 0 Å². The Labute approximate surface area is 87.0 Å². The second-order valence-electron chi connectivity index (χ2n) is 3.74. The molecule has 1 aliphatic rings. The second kappa shape index (κ2) is 3.85. The molecule has 78 valence electrons. The molecule has 0 saturated heterocycles. The van der Waals surface area contributed by atoms with Gasteiger partial charge in [-0.15, -0.1) is 0 Å². The van der Waals surface area contributed by atoms with Gasteiger partial charge < -0.3 is 5.11 Å². The lowest BCUT2D eigenvalue weighted by atomic mass is 10.1. The number of hydrogen-bond donors (Lipinski definition) is 1. The monoisotopic (exact) mass is 206 g/mol. The molecule has 1 aliphatic carbocycles. The fourth-order valence-electron chi connectivity index (χ4n) is 1.49. The van der Waals surface area contributed by atoms with Crippen LogP contribution < -0.4 is 0 Å². The van der Waals surface area contributed by atoms with Crippen LogP contribution in [0.4, 0.5) is 4.39 Å². The maximum atomic E-state index is 12.7. The Kier molecular flexibility index (Phi) is 2.54. The lowest BCUT2D eigenvalue weighted by molar-refractivity contribution is -0.134. The molecule has 0 spiro atoms. The summed E-state index contributed by atoms with van der Waals surface area (Å²) >= 11 is 0. The summed E-state index contributed by atoms with van der Waals surface area (Å²) in [7, 11) is 0. The highest BCUT2D eigenvalue weighted by molar-refractivity contribution is 5.89. The van der Waals surface area contributed by atoms with Gasteiger partial charge in [0.2, 0.25) is 5.83 Å². The molecule has 0 bridgehead atoms. The van der Waals surface area contributed by atoms with Crippen LogP contribution in [0.3, 0.4) is 0 Å². The first-order valence-corrected chi connectivity index (χ1v) is 4.87. The molecule has 0 heterocycles. The zero-order valence-corrected chi connectivity index (χ0v) is 8.11. The maximum absolute atomic E-state index is 12.7. The van der Waals surface area contributed by atoms with E-state index < -0.39 is 11.8 Å². The standard InChI is InChI=1S/C12H11FO2/c13-11(12(14)15)7-8-1-3-9(4-2-8)10-5-6-10/h1-4,7,10H,5-6H2,(H,14,15). The van der Waals surface area contributed by atoms with Gasteiger partial charge >= 0.3 is 5.97 Å². The van der Waals surface area contributed by atoms with Crippen LogP contribution in [0.1, 0.15) is 29.9 Å². The molecule has 0 amide bonds. The number of halogens is 1. The lowest BCUT2D eigenvalue weighted by Gasteiger charge is -1.98. The van der Waals surface area contributed by atoms with E-state index in [1.807, 2.05) is 12.1 Å². The summed E-state index contributed by atoms with van der Waals surface area (Å²) in [5, 5.41) is 8.35. The number of rotatable bonds is 3. The van der Waals surface area contributed by atoms with Crippen molar-refractivity contribution in [3.05, 3.63) is 41.2 Å². The van der Waals surface area contributed by atoms with Crippen molar-refractivity contribution in [1.29, 1.82) is 0 Å². The number of carbonyl (C=O) groups is 1. The van der Waals surface area contributed by atoms with Crippen LogP contribution >= 0.6 is 0 Å². The third kappa shape index (κ3) is 2.43. The van der Waals surface area contributed by atoms with E-state index in [-0.39, 0.29) is 0 Å². The van der Waals surface area contributed by atoms with E-state index in [9.17, 15) is 9.18 Å². The molecule has 1 aromatic rings. The molecule has 0 aliphatic heterocycles. The molecule has 0 radical (unpaired) electrons. The molecule has 15 heavy (non-hydrogen) atoms. The Balaban J connectivity index is 2.16. The molecular formula is C12H11FO2. The smallest absolute Gasteiger partial charge is 0.364 e. The van der Waals surface area contributed by atoms with E-state index >= 15 is 0 Å². The molecule has 0 atom stereocenters. The van der Waals surface area contributed by atoms with Crippen LogP contribution in [0.15, 0.2) is 30.1 Å². The number of hydrogen-bond acceptors (Lipinski definition) is 1. The van der Waals surface area contributed by atoms with Crippen molar-refractivity contribution in [2.24, 2.45) is 0 Å². The van der Waals surface area contributed by atoms with Crippen molar-refractivity contribution in [3.63, 3.8) is 0 Å². The number of carboxylic acid groups (broad SMARTS) is 1. The minimum absolute atomic E-state index is 0.583. The van der Waals surface area contributed by atoms with Gasteiger partial charge in [-0.05, 0) is 36.0 Å². The molecule has 0 aromatic heterocycles. The zero-order chi connectivity index (χ0) is 10.8. The Bertz CT molecular complexity index is 402. The molecule has 1 saturated carbocycles. The van der Waals surface area contributed by atoms with E-state index in [1.165, 1.54) is 18.4 Å². The summed E-state index contributed by atoms with van der Waals surface area (Å²) in [6, 6.07) is 7.35. The van der Waals surface area contributed by atoms with Crippen LogP contribution in [0.5, 0.6) is 0 Å². The van der Waals surface area contributed by atoms with E-state index in [0.29, 0.717) is 11.5 Å². The van der Waals surface area contributed by atoms with Crippen molar-refractivity contribution in [2.45, 2.75) is 18.8 Å². The van der Waals surface area contributed by atoms with E-state index in [2.05, 4.69) is 0 Å². The molecule has 2 nitrogen and oxygen atoms in total. The van der Waals surface area contributed by atoms with E-state index in [4.69, 9.17) is 5.11 Å². The molecule has 0 unspecified atom stereocenters. The number of carboxylic acids is 1. The third-order valence-electron chi connectivity index (χ3n) is 2.48. The largest absolute Gasteiger partial charge is 0.476 e. The average molecular weight is 206 g/mol. The van der Waals surface area contributed by atoms with Crippen LogP contribution in [0.25, 0.3) is 6.08 Å². The topological polar surface area (TPSA) is 37.3 Å². The van der Waals surface area contributed by atoms with Gasteiger partial charge in [-0.25, -0.2) is 4.79 Å². The van der Waals surface area contributed by atoms with E-state index in [1.54, 1.807) is 12.1 Å². The maximum Gasteiger partial charge on any atom is 0.364 e. The summed E-state index contributed by atoms with van der Waals surface area (Å²) in [6.07, 6.45) is 3.47. The van der Waals surface area contributed by atoms with Crippen molar-refractivity contribution in [3.8, 4) is 0 Å². The van der Waals surface area contributed by atoms with Crippen molar-refractivity contribution >= 4 is 12.0 Å². The Hall–Kier alpha value is -1.64. The fraction of sp³-hybridized carbons (Fsp3) is 0.250. The molecular weight excluding hydrogens is 195 g/mol. The molecule has 1 aromatic carbocycles. The highest BCUT2D eigenvalue weighted by Crippen LogP contribution is 2.39. The first kappa shape index (κ1) is 9.90. The molecule has 3 heteroatoms. The van der Waals surface area contributed by atoms with Crippen molar-refractivity contribution in [2.75, 3.05) is 0 Å². The zero-order valence-electron chi connectivity index (χ0n) is 8.11. The van der Waals surface area contributed by atoms with Crippen LogP contribution in [0, 0.1) is 0 Å². The molecule has 1 fully saturated rings. The normalized spacial score (nSPS) is 16.5. The van der Waals surface area contributed by atoms with E-state index in [0.717, 1.165) is 6.08 Å². The Morgan fingerprint density at radius 3 is 2.40 bits per heavy atom. The highest BCUT2D eigenvalue weighted by atomic mass is 19.1. The minimum atomic E-state index is -1.53. The Morgan fingerprint density at radius 2 is 1.93 bits per heavy atom. The van der Waals surface area contributed by atoms with Gasteiger partial charge in [0.15, 0.2) is 0 Å². The summed E-state index contributed by atoms with van der Waals surface area (Å²) in [5.74, 6) is -2.00. The van der Waals surface area contributed by atoms with Gasteiger partial charge in [-0.1, -0.05) is 24.3 Å². The van der Waals surface area contributed by atoms with Gasteiger partial charge in [0.1, 0.15) is 0 Å². The van der Waals surface area contributed by atoms with Gasteiger partial charge in [0.25, 0.3) is 0 Å². The third-order valence-corrected chi connectivity index (χ3v) is 2.48. The van der Waals surface area contributed by atoms with Gasteiger partial charge in [-0.3, -0.25) is 0 Å². The first-order chi connectivity index (χ1) is 7.16. The summed E-state index contributed by atoms with van der Waals surface area (Å²) in [6.45, 7) is 0. The number of aliphatic carboxylic acids is 1. The summed E-state index contributed by atoms with van der Waals surface area (Å²) in [4.78, 5) is 10.2. The van der Waals surface area contributed by atoms with Gasteiger partial charge in [0, 0.05) is 0 Å². The van der Waals surface area contributed by atoms with Gasteiger partial charge in [-0.2, -0.15) is 4.39 Å². The predicted molar refractivity (Wildman–Crippen MR) is 55.1 cm³/mol. The van der Waals surface area contributed by atoms with Crippen molar-refractivity contribution < 1.29 is 14.3 Å². The average Bonchev–Trinajstić information content (AvgIpc) is 3.02. The Morgan fingerprint density at radius 1 is 1.33 bits per heavy atom. The first-order valence-electron chi connectivity index (χ1n) is 4.87. The lowest BCUT2D eigenvalue weighted by Crippen LogP contribution is -1.94. The summed E-state index contributed by atoms with van der Waals surface area (Å²) in [5.41, 5.74) is 1.84. The molecule has 1 N–H and O–H groups in total. The van der Waals surface area contributed by atoms with Crippen molar-refractivity contribution in [1.82, 2.24) is 0 Å². The van der Waals surface area contributed by atoms with Crippen LogP contribution in [-0.4, -0.2) is 11.1 Å². The molecule has 2 rings (SSSR count). The fourth-order valence-corrected chi connectivity index (χ4v) is 1.49. The number of benzene rings is 1. The minimum Gasteiger partial charge on any atom is -0.476 e. The second-order valence-corrected chi connectivity index (χ2v) is 3.74. The van der Waals surface area contributed by atoms with Gasteiger partial charge in [0.05, 0.1) is 0 Å². The quantitative estimate of drug-likeness (QED) is 0.772. The predicted octanol–water partition coefficient (Wildman–Crippen LogP) is 2.96.